The van der Waals surface area contributed by atoms with Gasteiger partial charge in [-0.05, 0) is 37.3 Å². The smallest absolute Gasteiger partial charge is 0.332 e. The van der Waals surface area contributed by atoms with E-state index in [1.54, 1.807) is 5.01 Å². The van der Waals surface area contributed by atoms with Gasteiger partial charge in [-0.25, -0.2) is 9.80 Å². The number of aliphatic carboxylic acids is 1. The Balaban J connectivity index is 1.97. The molecule has 6 nitrogen and oxygen atoms in total. The summed E-state index contributed by atoms with van der Waals surface area (Å²) >= 11 is 0. The lowest BCUT2D eigenvalue weighted by atomic mass is 9.87. The molecule has 0 aromatic heterocycles. The summed E-state index contributed by atoms with van der Waals surface area (Å²) in [6, 6.07) is 6.76. The van der Waals surface area contributed by atoms with Crippen LogP contribution in [0.2, 0.25) is 0 Å². The van der Waals surface area contributed by atoms with Crippen molar-refractivity contribution in [3.05, 3.63) is 52.8 Å². The zero-order valence-corrected chi connectivity index (χ0v) is 14.5. The van der Waals surface area contributed by atoms with Crippen LogP contribution in [0, 0.1) is 0 Å². The average Bonchev–Trinajstić information content (AvgIpc) is 3.13. The maximum absolute atomic E-state index is 12.8. The molecule has 136 valence electrons. The van der Waals surface area contributed by atoms with Crippen LogP contribution in [0.5, 0.6) is 0 Å². The van der Waals surface area contributed by atoms with Crippen LogP contribution in [0.15, 0.2) is 41.7 Å². The van der Waals surface area contributed by atoms with Crippen molar-refractivity contribution in [3.8, 4) is 0 Å². The van der Waals surface area contributed by atoms with E-state index in [-0.39, 0.29) is 17.1 Å². The number of hydrogen-bond acceptors (Lipinski definition) is 5. The fraction of sp³-hybridized carbons (Fsp3) is 0.400. The lowest BCUT2D eigenvalue weighted by Crippen LogP contribution is -2.51. The number of aliphatic hydroxyl groups is 1. The summed E-state index contributed by atoms with van der Waals surface area (Å²) in [6.45, 7) is 1.48. The van der Waals surface area contributed by atoms with E-state index >= 15 is 0 Å². The molecule has 1 aliphatic carbocycles. The third-order valence-corrected chi connectivity index (χ3v) is 5.34. The molecule has 2 heterocycles. The summed E-state index contributed by atoms with van der Waals surface area (Å²) in [5.74, 6) is -1.39. The zero-order valence-electron chi connectivity index (χ0n) is 14.5. The molecule has 2 aliphatic heterocycles. The molecule has 0 radical (unpaired) electrons. The van der Waals surface area contributed by atoms with Crippen molar-refractivity contribution in [3.63, 3.8) is 0 Å². The third kappa shape index (κ3) is 2.70. The molecule has 0 amide bonds. The van der Waals surface area contributed by atoms with Crippen molar-refractivity contribution in [2.24, 2.45) is 0 Å². The predicted octanol–water partition coefficient (Wildman–Crippen LogP) is 2.52. The number of rotatable bonds is 2. The predicted molar refractivity (Wildman–Crippen MR) is 96.1 cm³/mol. The summed E-state index contributed by atoms with van der Waals surface area (Å²) < 4.78 is 0. The molecule has 2 N–H and O–H groups in total. The van der Waals surface area contributed by atoms with E-state index < -0.39 is 12.0 Å². The van der Waals surface area contributed by atoms with Gasteiger partial charge in [0.1, 0.15) is 5.76 Å². The third-order valence-electron chi connectivity index (χ3n) is 5.34. The maximum atomic E-state index is 12.8. The van der Waals surface area contributed by atoms with Gasteiger partial charge in [0.05, 0.1) is 11.3 Å². The fourth-order valence-corrected chi connectivity index (χ4v) is 4.15. The Kier molecular flexibility index (Phi) is 4.28. The van der Waals surface area contributed by atoms with Gasteiger partial charge in [-0.3, -0.25) is 9.80 Å². The first kappa shape index (κ1) is 16.8. The average molecular weight is 354 g/mol. The molecule has 6 heteroatoms. The van der Waals surface area contributed by atoms with E-state index in [2.05, 4.69) is 0 Å². The van der Waals surface area contributed by atoms with Crippen molar-refractivity contribution in [1.29, 1.82) is 0 Å². The van der Waals surface area contributed by atoms with Gasteiger partial charge in [0.15, 0.2) is 11.8 Å². The Bertz CT molecular complexity index is 821. The molecule has 26 heavy (non-hydrogen) atoms. The molecular formula is C20H22N2O4. The number of hydrazine groups is 1. The number of aryl methyl sites for hydroxylation is 1. The minimum Gasteiger partial charge on any atom is -0.507 e. The number of carboxylic acids is 1. The topological polar surface area (TPSA) is 81.1 Å². The van der Waals surface area contributed by atoms with Crippen LogP contribution in [0.25, 0.3) is 5.70 Å². The van der Waals surface area contributed by atoms with E-state index in [4.69, 9.17) is 0 Å². The highest BCUT2D eigenvalue weighted by molar-refractivity contribution is 6.07. The van der Waals surface area contributed by atoms with Crippen LogP contribution in [0.4, 0.5) is 0 Å². The van der Waals surface area contributed by atoms with Crippen molar-refractivity contribution >= 4 is 17.4 Å². The molecule has 1 aromatic rings. The Morgan fingerprint density at radius 3 is 2.54 bits per heavy atom. The number of carbonyl (C=O) groups is 2. The number of allylic oxidation sites excluding steroid dienone is 1. The molecule has 0 bridgehead atoms. The molecule has 4 rings (SSSR count). The lowest BCUT2D eigenvalue weighted by Gasteiger charge is -2.42. The zero-order chi connectivity index (χ0) is 18.3. The second-order valence-electron chi connectivity index (χ2n) is 7.00. The summed E-state index contributed by atoms with van der Waals surface area (Å²) in [6.07, 6.45) is 5.08. The quantitative estimate of drug-likeness (QED) is 0.849. The molecule has 0 saturated carbocycles. The Morgan fingerprint density at radius 1 is 1.08 bits per heavy atom. The Hall–Kier alpha value is -2.60. The van der Waals surface area contributed by atoms with Crippen LogP contribution in [-0.4, -0.2) is 51.1 Å². The second kappa shape index (κ2) is 6.61. The first-order chi connectivity index (χ1) is 12.6. The van der Waals surface area contributed by atoms with Crippen molar-refractivity contribution < 1.29 is 19.8 Å². The molecule has 1 unspecified atom stereocenters. The first-order valence-electron chi connectivity index (χ1n) is 9.11. The van der Waals surface area contributed by atoms with Crippen LogP contribution in [0.1, 0.15) is 36.8 Å². The molecule has 1 saturated heterocycles. The van der Waals surface area contributed by atoms with E-state index in [0.29, 0.717) is 18.5 Å². The fourth-order valence-electron chi connectivity index (χ4n) is 4.15. The number of Topliss-reactive ketones (excluding diaryl/α,β-unsaturated/α-hetero) is 1. The van der Waals surface area contributed by atoms with E-state index in [1.165, 1.54) is 6.08 Å². The molecule has 1 aromatic carbocycles. The monoisotopic (exact) mass is 354 g/mol. The van der Waals surface area contributed by atoms with Crippen LogP contribution in [-0.2, 0) is 16.0 Å². The molecular weight excluding hydrogens is 332 g/mol. The van der Waals surface area contributed by atoms with Gasteiger partial charge in [-0.2, -0.15) is 0 Å². The number of benzene rings is 1. The normalized spacial score (nSPS) is 23.8. The van der Waals surface area contributed by atoms with Crippen LogP contribution >= 0.6 is 0 Å². The SMILES string of the molecule is O=C1CCCc2ccccc2C2=C1C(O)=CC(C(=O)O)N2N1CCCC1. The maximum Gasteiger partial charge on any atom is 0.332 e. The number of fused-ring (bicyclic) bond motifs is 2. The molecule has 0 spiro atoms. The largest absolute Gasteiger partial charge is 0.507 e. The number of hydrogen-bond donors (Lipinski definition) is 2. The first-order valence-corrected chi connectivity index (χ1v) is 9.11. The summed E-state index contributed by atoms with van der Waals surface area (Å²) in [4.78, 5) is 24.8. The van der Waals surface area contributed by atoms with Gasteiger partial charge in [0.2, 0.25) is 0 Å². The standard InChI is InChI=1S/C20H22N2O4/c23-16-9-5-7-13-6-1-2-8-14(13)19-18(16)17(24)12-15(20(25)26)22(19)21-10-3-4-11-21/h1-2,6,8,12,15,24H,3-5,7,9-11H2,(H,25,26). The second-order valence-corrected chi connectivity index (χ2v) is 7.00. The van der Waals surface area contributed by atoms with Gasteiger partial charge in [-0.1, -0.05) is 24.3 Å². The van der Waals surface area contributed by atoms with E-state index in [0.717, 1.165) is 43.5 Å². The number of carboxylic acid groups (broad SMARTS) is 1. The van der Waals surface area contributed by atoms with E-state index in [9.17, 15) is 19.8 Å². The van der Waals surface area contributed by atoms with Crippen LogP contribution < -0.4 is 0 Å². The molecule has 1 atom stereocenters. The van der Waals surface area contributed by atoms with E-state index in [1.807, 2.05) is 29.3 Å². The highest BCUT2D eigenvalue weighted by Gasteiger charge is 2.41. The number of carbonyl (C=O) groups excluding carboxylic acids is 1. The Morgan fingerprint density at radius 2 is 1.81 bits per heavy atom. The highest BCUT2D eigenvalue weighted by Crippen LogP contribution is 2.39. The van der Waals surface area contributed by atoms with Gasteiger partial charge in [-0.15, -0.1) is 0 Å². The van der Waals surface area contributed by atoms with Crippen molar-refractivity contribution in [2.45, 2.75) is 38.1 Å². The number of nitrogens with zero attached hydrogens (tertiary/aromatic N) is 2. The van der Waals surface area contributed by atoms with Gasteiger partial charge in [0.25, 0.3) is 0 Å². The van der Waals surface area contributed by atoms with Gasteiger partial charge in [0, 0.05) is 25.1 Å². The molecule has 1 fully saturated rings. The summed E-state index contributed by atoms with van der Waals surface area (Å²) in [5, 5.41) is 24.1. The summed E-state index contributed by atoms with van der Waals surface area (Å²) in [7, 11) is 0. The lowest BCUT2D eigenvalue weighted by molar-refractivity contribution is -0.145. The Labute approximate surface area is 152 Å². The molecule has 3 aliphatic rings. The number of aliphatic hydroxyl groups excluding tert-OH is 1. The van der Waals surface area contributed by atoms with Gasteiger partial charge >= 0.3 is 5.97 Å². The van der Waals surface area contributed by atoms with Gasteiger partial charge < -0.3 is 10.2 Å². The number of ketones is 1. The van der Waals surface area contributed by atoms with Crippen molar-refractivity contribution in [2.75, 3.05) is 13.1 Å². The van der Waals surface area contributed by atoms with Crippen LogP contribution in [0.3, 0.4) is 0 Å². The minimum atomic E-state index is -1.04. The summed E-state index contributed by atoms with van der Waals surface area (Å²) in [5.41, 5.74) is 2.71. The highest BCUT2D eigenvalue weighted by atomic mass is 16.4. The van der Waals surface area contributed by atoms with Crippen molar-refractivity contribution in [1.82, 2.24) is 10.0 Å². The minimum absolute atomic E-state index is 0.128.